The van der Waals surface area contributed by atoms with Gasteiger partial charge in [-0.05, 0) is 25.1 Å². The van der Waals surface area contributed by atoms with Gasteiger partial charge in [0.15, 0.2) is 0 Å². The summed E-state index contributed by atoms with van der Waals surface area (Å²) in [6.07, 6.45) is 1.18. The van der Waals surface area contributed by atoms with Crippen LogP contribution in [0.1, 0.15) is 12.8 Å². The molecule has 1 aromatic rings. The van der Waals surface area contributed by atoms with Gasteiger partial charge in [0.05, 0.1) is 12.5 Å². The van der Waals surface area contributed by atoms with Crippen LogP contribution in [-0.4, -0.2) is 38.0 Å². The van der Waals surface area contributed by atoms with E-state index in [1.54, 1.807) is 0 Å². The van der Waals surface area contributed by atoms with E-state index in [1.165, 1.54) is 5.69 Å². The zero-order valence-corrected chi connectivity index (χ0v) is 11.1. The van der Waals surface area contributed by atoms with Gasteiger partial charge in [0, 0.05) is 19.3 Å². The number of hydrogen-bond acceptors (Lipinski definition) is 4. The maximum Gasteiger partial charge on any atom is 0.244 e. The van der Waals surface area contributed by atoms with E-state index < -0.39 is 0 Å². The minimum Gasteiger partial charge on any atom is -0.375 e. The molecule has 2 N–H and O–H groups in total. The summed E-state index contributed by atoms with van der Waals surface area (Å²) in [5, 5.41) is 5.40. The third-order valence-corrected chi connectivity index (χ3v) is 3.23. The Morgan fingerprint density at radius 2 is 2.05 bits per heavy atom. The van der Waals surface area contributed by atoms with Gasteiger partial charge in [0.25, 0.3) is 0 Å². The van der Waals surface area contributed by atoms with Gasteiger partial charge in [0.2, 0.25) is 11.8 Å². The third-order valence-electron chi connectivity index (χ3n) is 3.23. The Kier molecular flexibility index (Phi) is 4.52. The van der Waals surface area contributed by atoms with Crippen LogP contribution in [0.5, 0.6) is 0 Å². The van der Waals surface area contributed by atoms with Crippen LogP contribution in [0.2, 0.25) is 0 Å². The van der Waals surface area contributed by atoms with Crippen molar-refractivity contribution in [1.82, 2.24) is 10.6 Å². The lowest BCUT2D eigenvalue weighted by Crippen LogP contribution is -2.37. The van der Waals surface area contributed by atoms with E-state index in [9.17, 15) is 9.59 Å². The van der Waals surface area contributed by atoms with Crippen LogP contribution in [0.25, 0.3) is 0 Å². The Balaban J connectivity index is 1.67. The molecule has 2 amide bonds. The van der Waals surface area contributed by atoms with Crippen LogP contribution >= 0.6 is 0 Å². The molecule has 1 atom stereocenters. The molecule has 5 nitrogen and oxygen atoms in total. The lowest BCUT2D eigenvalue weighted by Gasteiger charge is -2.19. The van der Waals surface area contributed by atoms with Gasteiger partial charge in [-0.2, -0.15) is 0 Å². The highest BCUT2D eigenvalue weighted by molar-refractivity contribution is 6.05. The first-order valence-electron chi connectivity index (χ1n) is 6.50. The van der Waals surface area contributed by atoms with Gasteiger partial charge >= 0.3 is 0 Å². The van der Waals surface area contributed by atoms with Gasteiger partial charge in [-0.1, -0.05) is 18.2 Å². The molecule has 1 aromatic carbocycles. The molecule has 1 fully saturated rings. The molecular formula is C14H19N3O2. The number of anilines is 1. The number of nitrogens with one attached hydrogen (secondary N) is 2. The quantitative estimate of drug-likeness (QED) is 0.579. The number of carbonyl (C=O) groups is 2. The normalized spacial score (nSPS) is 18.5. The molecule has 0 aliphatic carbocycles. The number of nitrogens with zero attached hydrogens (tertiary/aromatic N) is 1. The molecule has 0 saturated carbocycles. The highest BCUT2D eigenvalue weighted by Gasteiger charge is 2.29. The standard InChI is InChI=1S/C14H19N3O2/c1-17(11-6-3-2-4-7-11)9-5-8-15-12-10-13(18)16-14(12)19/h2-4,6-7,12,15H,5,8-10H2,1H3,(H,16,18,19). The minimum atomic E-state index is -0.352. The highest BCUT2D eigenvalue weighted by atomic mass is 16.2. The van der Waals surface area contributed by atoms with Crippen molar-refractivity contribution < 1.29 is 9.59 Å². The number of imide groups is 1. The molecule has 102 valence electrons. The van der Waals surface area contributed by atoms with E-state index in [0.717, 1.165) is 19.5 Å². The van der Waals surface area contributed by atoms with E-state index in [4.69, 9.17) is 0 Å². The van der Waals surface area contributed by atoms with Crippen molar-refractivity contribution in [3.63, 3.8) is 0 Å². The predicted octanol–water partition coefficient (Wildman–Crippen LogP) is 0.518. The Morgan fingerprint density at radius 1 is 1.32 bits per heavy atom. The maximum absolute atomic E-state index is 11.3. The average molecular weight is 261 g/mol. The number of para-hydroxylation sites is 1. The Labute approximate surface area is 113 Å². The Bertz CT molecular complexity index is 447. The van der Waals surface area contributed by atoms with Crippen LogP contribution < -0.4 is 15.5 Å². The lowest BCUT2D eigenvalue weighted by molar-refractivity contribution is -0.125. The summed E-state index contributed by atoms with van der Waals surface area (Å²) in [6, 6.07) is 9.80. The van der Waals surface area contributed by atoms with Crippen LogP contribution in [0.3, 0.4) is 0 Å². The second kappa shape index (κ2) is 6.33. The lowest BCUT2D eigenvalue weighted by atomic mass is 10.2. The van der Waals surface area contributed by atoms with E-state index >= 15 is 0 Å². The molecule has 19 heavy (non-hydrogen) atoms. The van der Waals surface area contributed by atoms with E-state index in [-0.39, 0.29) is 24.3 Å². The molecule has 0 bridgehead atoms. The molecule has 1 aliphatic heterocycles. The summed E-state index contributed by atoms with van der Waals surface area (Å²) in [4.78, 5) is 24.5. The zero-order chi connectivity index (χ0) is 13.7. The number of hydrogen-bond donors (Lipinski definition) is 2. The van der Waals surface area contributed by atoms with E-state index in [1.807, 2.05) is 25.2 Å². The summed E-state index contributed by atoms with van der Waals surface area (Å²) in [7, 11) is 2.04. The maximum atomic E-state index is 11.3. The first kappa shape index (κ1) is 13.5. The van der Waals surface area contributed by atoms with Crippen LogP contribution in [0, 0.1) is 0 Å². The molecule has 1 heterocycles. The molecular weight excluding hydrogens is 242 g/mol. The molecule has 5 heteroatoms. The first-order valence-corrected chi connectivity index (χ1v) is 6.50. The SMILES string of the molecule is CN(CCCNC1CC(=O)NC1=O)c1ccccc1. The second-order valence-electron chi connectivity index (χ2n) is 4.73. The van der Waals surface area contributed by atoms with E-state index in [2.05, 4.69) is 27.7 Å². The van der Waals surface area contributed by atoms with Crippen molar-refractivity contribution in [2.45, 2.75) is 18.9 Å². The Hall–Kier alpha value is -1.88. The smallest absolute Gasteiger partial charge is 0.244 e. The highest BCUT2D eigenvalue weighted by Crippen LogP contribution is 2.10. The van der Waals surface area contributed by atoms with Gasteiger partial charge < -0.3 is 10.2 Å². The number of amides is 2. The largest absolute Gasteiger partial charge is 0.375 e. The minimum absolute atomic E-state index is 0.191. The summed E-state index contributed by atoms with van der Waals surface area (Å²) < 4.78 is 0. The molecule has 1 aliphatic rings. The van der Waals surface area contributed by atoms with Crippen LogP contribution in [-0.2, 0) is 9.59 Å². The van der Waals surface area contributed by atoms with Crippen molar-refractivity contribution in [3.8, 4) is 0 Å². The fourth-order valence-electron chi connectivity index (χ4n) is 2.12. The monoisotopic (exact) mass is 261 g/mol. The molecule has 1 unspecified atom stereocenters. The van der Waals surface area contributed by atoms with Gasteiger partial charge in [-0.25, -0.2) is 0 Å². The van der Waals surface area contributed by atoms with Crippen LogP contribution in [0.15, 0.2) is 30.3 Å². The second-order valence-corrected chi connectivity index (χ2v) is 4.73. The van der Waals surface area contributed by atoms with Crippen molar-refractivity contribution in [2.75, 3.05) is 25.0 Å². The molecule has 2 rings (SSSR count). The van der Waals surface area contributed by atoms with Crippen molar-refractivity contribution in [2.24, 2.45) is 0 Å². The van der Waals surface area contributed by atoms with Crippen LogP contribution in [0.4, 0.5) is 5.69 Å². The first-order chi connectivity index (χ1) is 9.16. The third kappa shape index (κ3) is 3.79. The Morgan fingerprint density at radius 3 is 2.68 bits per heavy atom. The van der Waals surface area contributed by atoms with Gasteiger partial charge in [0.1, 0.15) is 0 Å². The number of benzene rings is 1. The summed E-state index contributed by atoms with van der Waals surface area (Å²) >= 11 is 0. The summed E-state index contributed by atoms with van der Waals surface area (Å²) in [5.74, 6) is -0.398. The zero-order valence-electron chi connectivity index (χ0n) is 11.1. The molecule has 0 spiro atoms. The molecule has 0 aromatic heterocycles. The number of carbonyl (C=O) groups excluding carboxylic acids is 2. The summed E-state index contributed by atoms with van der Waals surface area (Å²) in [5.41, 5.74) is 1.18. The molecule has 0 radical (unpaired) electrons. The fourth-order valence-corrected chi connectivity index (χ4v) is 2.12. The predicted molar refractivity (Wildman–Crippen MR) is 73.9 cm³/mol. The van der Waals surface area contributed by atoms with Crippen molar-refractivity contribution in [3.05, 3.63) is 30.3 Å². The fraction of sp³-hybridized carbons (Fsp3) is 0.429. The van der Waals surface area contributed by atoms with E-state index in [0.29, 0.717) is 0 Å². The van der Waals surface area contributed by atoms with Gasteiger partial charge in [-0.15, -0.1) is 0 Å². The van der Waals surface area contributed by atoms with Crippen molar-refractivity contribution in [1.29, 1.82) is 0 Å². The summed E-state index contributed by atoms with van der Waals surface area (Å²) in [6.45, 7) is 1.63. The van der Waals surface area contributed by atoms with Gasteiger partial charge in [-0.3, -0.25) is 14.9 Å². The molecule has 1 saturated heterocycles. The average Bonchev–Trinajstić information content (AvgIpc) is 2.74. The van der Waals surface area contributed by atoms with Crippen molar-refractivity contribution >= 4 is 17.5 Å². The number of rotatable bonds is 6. The topological polar surface area (TPSA) is 61.4 Å².